The quantitative estimate of drug-likeness (QED) is 0.642. The molecule has 0 saturated heterocycles. The van der Waals surface area contributed by atoms with Crippen molar-refractivity contribution in [1.82, 2.24) is 5.32 Å². The Bertz CT molecular complexity index is 881. The molecule has 0 saturated carbocycles. The number of thiophene rings is 1. The van der Waals surface area contributed by atoms with Crippen molar-refractivity contribution in [2.45, 2.75) is 12.6 Å². The molecule has 0 aliphatic heterocycles. The second-order valence-electron chi connectivity index (χ2n) is 6.47. The molecular formula is C21H21F2N2OS+. The number of likely N-dealkylation sites (N-methyl/N-ethyl adjacent to an activating group) is 1. The van der Waals surface area contributed by atoms with Crippen LogP contribution in [-0.2, 0) is 11.3 Å². The fourth-order valence-electron chi connectivity index (χ4n) is 2.94. The largest absolute Gasteiger partial charge is 0.339 e. The second kappa shape index (κ2) is 8.88. The van der Waals surface area contributed by atoms with Crippen LogP contribution in [-0.4, -0.2) is 19.5 Å². The highest BCUT2D eigenvalue weighted by Crippen LogP contribution is 2.26. The highest BCUT2D eigenvalue weighted by atomic mass is 32.1. The number of rotatable bonds is 7. The standard InChI is InChI=1S/C21H20F2N2OS/c1-25(13-16-5-2-3-6-18(16)23)14-20(26)24-21(19-7-4-12-27-19)15-8-10-17(22)11-9-15/h2-12,21H,13-14H2,1H3,(H,24,26)/p+1/t21-/m0/s1. The third-order valence-corrected chi connectivity index (χ3v) is 5.19. The molecule has 0 radical (unpaired) electrons. The molecule has 27 heavy (non-hydrogen) atoms. The molecule has 3 aromatic rings. The molecule has 1 amide bonds. The lowest BCUT2D eigenvalue weighted by atomic mass is 10.1. The smallest absolute Gasteiger partial charge is 0.275 e. The Hall–Kier alpha value is -2.57. The van der Waals surface area contributed by atoms with Gasteiger partial charge in [-0.25, -0.2) is 8.78 Å². The number of carbonyl (C=O) groups is 1. The number of benzene rings is 2. The van der Waals surface area contributed by atoms with Gasteiger partial charge in [-0.05, 0) is 35.2 Å². The minimum atomic E-state index is -0.334. The van der Waals surface area contributed by atoms with Gasteiger partial charge in [-0.2, -0.15) is 0 Å². The van der Waals surface area contributed by atoms with E-state index in [0.717, 1.165) is 15.3 Å². The second-order valence-corrected chi connectivity index (χ2v) is 7.45. The van der Waals surface area contributed by atoms with Gasteiger partial charge in [0.1, 0.15) is 18.2 Å². The molecule has 1 heterocycles. The van der Waals surface area contributed by atoms with Gasteiger partial charge >= 0.3 is 0 Å². The molecule has 1 aromatic heterocycles. The zero-order valence-corrected chi connectivity index (χ0v) is 15.7. The summed E-state index contributed by atoms with van der Waals surface area (Å²) in [5.74, 6) is -0.726. The van der Waals surface area contributed by atoms with Gasteiger partial charge in [-0.3, -0.25) is 4.79 Å². The highest BCUT2D eigenvalue weighted by molar-refractivity contribution is 7.10. The molecular weight excluding hydrogens is 366 g/mol. The van der Waals surface area contributed by atoms with E-state index in [0.29, 0.717) is 12.1 Å². The summed E-state index contributed by atoms with van der Waals surface area (Å²) in [5.41, 5.74) is 1.40. The van der Waals surface area contributed by atoms with E-state index in [4.69, 9.17) is 0 Å². The third-order valence-electron chi connectivity index (χ3n) is 4.25. The Morgan fingerprint density at radius 3 is 2.48 bits per heavy atom. The van der Waals surface area contributed by atoms with E-state index in [-0.39, 0.29) is 30.1 Å². The van der Waals surface area contributed by atoms with Crippen LogP contribution in [0.15, 0.2) is 66.0 Å². The van der Waals surface area contributed by atoms with Crippen LogP contribution in [0.25, 0.3) is 0 Å². The molecule has 0 spiro atoms. The monoisotopic (exact) mass is 387 g/mol. The van der Waals surface area contributed by atoms with E-state index < -0.39 is 0 Å². The van der Waals surface area contributed by atoms with E-state index in [1.807, 2.05) is 24.6 Å². The topological polar surface area (TPSA) is 33.5 Å². The van der Waals surface area contributed by atoms with Crippen molar-refractivity contribution in [2.24, 2.45) is 0 Å². The Kier molecular flexibility index (Phi) is 6.32. The first-order valence-corrected chi connectivity index (χ1v) is 9.54. The Morgan fingerprint density at radius 1 is 1.07 bits per heavy atom. The minimum absolute atomic E-state index is 0.147. The summed E-state index contributed by atoms with van der Waals surface area (Å²) in [6.07, 6.45) is 0. The summed E-state index contributed by atoms with van der Waals surface area (Å²) >= 11 is 1.53. The van der Waals surface area contributed by atoms with Crippen LogP contribution in [0.2, 0.25) is 0 Å². The fraction of sp³-hybridized carbons (Fsp3) is 0.190. The van der Waals surface area contributed by atoms with Crippen LogP contribution in [0.5, 0.6) is 0 Å². The SMILES string of the molecule is C[NH+](CC(=O)N[C@@H](c1ccc(F)cc1)c1cccs1)Cc1ccccc1F. The lowest BCUT2D eigenvalue weighted by molar-refractivity contribution is -0.885. The first kappa shape index (κ1) is 19.2. The van der Waals surface area contributed by atoms with Crippen molar-refractivity contribution in [3.63, 3.8) is 0 Å². The summed E-state index contributed by atoms with van der Waals surface area (Å²) in [5, 5.41) is 4.96. The zero-order chi connectivity index (χ0) is 19.2. The first-order chi connectivity index (χ1) is 13.0. The van der Waals surface area contributed by atoms with Crippen molar-refractivity contribution >= 4 is 17.2 Å². The predicted octanol–water partition coefficient (Wildman–Crippen LogP) is 2.95. The van der Waals surface area contributed by atoms with Crippen LogP contribution in [0.1, 0.15) is 22.0 Å². The van der Waals surface area contributed by atoms with Crippen LogP contribution in [0, 0.1) is 11.6 Å². The number of amides is 1. The normalized spacial score (nSPS) is 13.1. The van der Waals surface area contributed by atoms with Gasteiger partial charge in [0.15, 0.2) is 6.54 Å². The molecule has 6 heteroatoms. The van der Waals surface area contributed by atoms with E-state index in [1.165, 1.54) is 29.5 Å². The van der Waals surface area contributed by atoms with Crippen LogP contribution >= 0.6 is 11.3 Å². The van der Waals surface area contributed by atoms with E-state index in [2.05, 4.69) is 5.32 Å². The molecule has 140 valence electrons. The molecule has 2 aromatic carbocycles. The average Bonchev–Trinajstić information content (AvgIpc) is 3.17. The van der Waals surface area contributed by atoms with Crippen molar-refractivity contribution in [1.29, 1.82) is 0 Å². The lowest BCUT2D eigenvalue weighted by Gasteiger charge is -2.20. The first-order valence-electron chi connectivity index (χ1n) is 8.66. The molecule has 3 rings (SSSR count). The van der Waals surface area contributed by atoms with Gasteiger partial charge in [0.2, 0.25) is 0 Å². The maximum atomic E-state index is 13.8. The molecule has 0 aliphatic carbocycles. The van der Waals surface area contributed by atoms with E-state index in [9.17, 15) is 13.6 Å². The number of halogens is 2. The number of hydrogen-bond acceptors (Lipinski definition) is 2. The molecule has 3 nitrogen and oxygen atoms in total. The van der Waals surface area contributed by atoms with E-state index >= 15 is 0 Å². The Morgan fingerprint density at radius 2 is 1.81 bits per heavy atom. The van der Waals surface area contributed by atoms with Crippen molar-refractivity contribution in [2.75, 3.05) is 13.6 Å². The summed E-state index contributed by atoms with van der Waals surface area (Å²) in [7, 11) is 1.85. The summed E-state index contributed by atoms with van der Waals surface area (Å²) in [4.78, 5) is 14.4. The van der Waals surface area contributed by atoms with Gasteiger partial charge in [0.25, 0.3) is 5.91 Å². The molecule has 2 atom stereocenters. The van der Waals surface area contributed by atoms with Gasteiger partial charge in [0.05, 0.1) is 13.1 Å². The van der Waals surface area contributed by atoms with Crippen molar-refractivity contribution in [3.05, 3.63) is 93.7 Å². The van der Waals surface area contributed by atoms with Crippen LogP contribution in [0.4, 0.5) is 8.78 Å². The maximum absolute atomic E-state index is 13.8. The minimum Gasteiger partial charge on any atom is -0.339 e. The fourth-order valence-corrected chi connectivity index (χ4v) is 3.75. The maximum Gasteiger partial charge on any atom is 0.275 e. The zero-order valence-electron chi connectivity index (χ0n) is 14.9. The van der Waals surface area contributed by atoms with Gasteiger partial charge in [-0.15, -0.1) is 11.3 Å². The average molecular weight is 387 g/mol. The Balaban J connectivity index is 1.67. The van der Waals surface area contributed by atoms with Crippen LogP contribution < -0.4 is 10.2 Å². The predicted molar refractivity (Wildman–Crippen MR) is 103 cm³/mol. The third kappa shape index (κ3) is 5.21. The molecule has 0 bridgehead atoms. The molecule has 0 fully saturated rings. The molecule has 2 N–H and O–H groups in total. The van der Waals surface area contributed by atoms with E-state index in [1.54, 1.807) is 30.3 Å². The number of carbonyl (C=O) groups excluding carboxylic acids is 1. The van der Waals surface area contributed by atoms with Crippen molar-refractivity contribution < 1.29 is 18.5 Å². The summed E-state index contributed by atoms with van der Waals surface area (Å²) in [6.45, 7) is 0.623. The Labute approximate surface area is 161 Å². The summed E-state index contributed by atoms with van der Waals surface area (Å²) in [6, 6.07) is 16.2. The molecule has 1 unspecified atom stereocenters. The van der Waals surface area contributed by atoms with Gasteiger partial charge in [-0.1, -0.05) is 36.4 Å². The van der Waals surface area contributed by atoms with Gasteiger partial charge in [0, 0.05) is 10.4 Å². The van der Waals surface area contributed by atoms with Gasteiger partial charge < -0.3 is 10.2 Å². The van der Waals surface area contributed by atoms with Crippen molar-refractivity contribution in [3.8, 4) is 0 Å². The molecule has 0 aliphatic rings. The number of hydrogen-bond donors (Lipinski definition) is 2. The summed E-state index contributed by atoms with van der Waals surface area (Å²) < 4.78 is 27.0. The highest BCUT2D eigenvalue weighted by Gasteiger charge is 2.20. The number of quaternary nitrogens is 1. The van der Waals surface area contributed by atoms with Crippen LogP contribution in [0.3, 0.4) is 0 Å². The number of nitrogens with one attached hydrogen (secondary N) is 2. The lowest BCUT2D eigenvalue weighted by Crippen LogP contribution is -3.09.